The average molecular weight is 488 g/mol. The van der Waals surface area contributed by atoms with Gasteiger partial charge in [0, 0.05) is 17.4 Å². The van der Waals surface area contributed by atoms with E-state index in [0.717, 1.165) is 50.8 Å². The molecule has 0 bridgehead atoms. The summed E-state index contributed by atoms with van der Waals surface area (Å²) in [6.45, 7) is 6.53. The van der Waals surface area contributed by atoms with Crippen molar-refractivity contribution in [1.29, 1.82) is 0 Å². The molecule has 0 unspecified atom stereocenters. The Labute approximate surface area is 216 Å². The molecule has 6 heteroatoms. The van der Waals surface area contributed by atoms with Gasteiger partial charge in [0.15, 0.2) is 0 Å². The van der Waals surface area contributed by atoms with Crippen LogP contribution in [0.15, 0.2) is 97.2 Å². The topological polar surface area (TPSA) is 55.1 Å². The van der Waals surface area contributed by atoms with Crippen LogP contribution in [0.5, 0.6) is 0 Å². The summed E-state index contributed by atoms with van der Waals surface area (Å²) in [5.74, 6) is 0.964. The van der Waals surface area contributed by atoms with Crippen molar-refractivity contribution < 1.29 is 4.79 Å². The second kappa shape index (κ2) is 9.13. The standard InChI is InChI=1S/C31H29N5O/c1-21-17-22(2)19-25(18-21)32-31(37)35-20-27-23(3)33-36(26-13-8-5-9-14-26)30(27)34-16-10-15-28(34)29(35)24-11-6-4-7-12-24/h4-19,29H,20H2,1-3H3,(H,32,37)/t29-/m0/s1. The summed E-state index contributed by atoms with van der Waals surface area (Å²) in [7, 11) is 0. The third-order valence-electron chi connectivity index (χ3n) is 6.94. The summed E-state index contributed by atoms with van der Waals surface area (Å²) in [5.41, 5.74) is 8.00. The Bertz CT molecular complexity index is 1560. The van der Waals surface area contributed by atoms with Gasteiger partial charge < -0.3 is 14.8 Å². The summed E-state index contributed by atoms with van der Waals surface area (Å²) >= 11 is 0. The monoisotopic (exact) mass is 487 g/mol. The molecule has 0 spiro atoms. The van der Waals surface area contributed by atoms with Gasteiger partial charge in [-0.15, -0.1) is 0 Å². The van der Waals surface area contributed by atoms with E-state index in [4.69, 9.17) is 5.10 Å². The summed E-state index contributed by atoms with van der Waals surface area (Å²) < 4.78 is 4.17. The maximum Gasteiger partial charge on any atom is 0.322 e. The summed E-state index contributed by atoms with van der Waals surface area (Å²) in [6.07, 6.45) is 2.07. The lowest BCUT2D eigenvalue weighted by molar-refractivity contribution is 0.194. The number of carbonyl (C=O) groups excluding carboxylic acids is 1. The number of nitrogens with zero attached hydrogens (tertiary/aromatic N) is 4. The maximum absolute atomic E-state index is 14.0. The number of aromatic nitrogens is 3. The molecule has 37 heavy (non-hydrogen) atoms. The number of aryl methyl sites for hydroxylation is 3. The molecule has 0 fully saturated rings. The molecule has 184 valence electrons. The van der Waals surface area contributed by atoms with Crippen LogP contribution in [0.25, 0.3) is 11.5 Å². The van der Waals surface area contributed by atoms with Gasteiger partial charge >= 0.3 is 6.03 Å². The molecule has 1 atom stereocenters. The molecule has 1 aliphatic heterocycles. The first-order valence-corrected chi connectivity index (χ1v) is 12.5. The Morgan fingerprint density at radius 2 is 1.54 bits per heavy atom. The zero-order valence-electron chi connectivity index (χ0n) is 21.2. The Kier molecular flexibility index (Phi) is 5.64. The molecule has 3 heterocycles. The molecule has 2 amide bonds. The minimum atomic E-state index is -0.280. The van der Waals surface area contributed by atoms with E-state index in [1.807, 2.05) is 85.0 Å². The third-order valence-corrected chi connectivity index (χ3v) is 6.94. The lowest BCUT2D eigenvalue weighted by Gasteiger charge is -2.31. The van der Waals surface area contributed by atoms with E-state index in [-0.39, 0.29) is 12.1 Å². The van der Waals surface area contributed by atoms with Crippen molar-refractivity contribution in [3.05, 3.63) is 131 Å². The predicted octanol–water partition coefficient (Wildman–Crippen LogP) is 6.73. The molecule has 2 aromatic heterocycles. The zero-order chi connectivity index (χ0) is 25.5. The Balaban J connectivity index is 1.53. The minimum Gasteiger partial charge on any atom is -0.308 e. The summed E-state index contributed by atoms with van der Waals surface area (Å²) in [4.78, 5) is 16.0. The minimum absolute atomic E-state index is 0.147. The first-order chi connectivity index (χ1) is 18.0. The number of hydrogen-bond acceptors (Lipinski definition) is 2. The van der Waals surface area contributed by atoms with Gasteiger partial charge in [-0.05, 0) is 73.9 Å². The predicted molar refractivity (Wildman–Crippen MR) is 146 cm³/mol. The van der Waals surface area contributed by atoms with E-state index in [2.05, 4.69) is 52.5 Å². The third kappa shape index (κ3) is 4.10. The molecule has 1 N–H and O–H groups in total. The average Bonchev–Trinajstić information content (AvgIpc) is 3.45. The molecule has 5 aromatic rings. The van der Waals surface area contributed by atoms with Crippen molar-refractivity contribution in [3.63, 3.8) is 0 Å². The molecule has 0 saturated heterocycles. The fraction of sp³-hybridized carbons (Fsp3) is 0.161. The Morgan fingerprint density at radius 1 is 0.865 bits per heavy atom. The molecule has 6 rings (SSSR count). The van der Waals surface area contributed by atoms with E-state index in [1.54, 1.807) is 0 Å². The lowest BCUT2D eigenvalue weighted by atomic mass is 10.0. The molecular formula is C31H29N5O. The molecule has 1 aliphatic rings. The van der Waals surface area contributed by atoms with Crippen LogP contribution in [0, 0.1) is 20.8 Å². The van der Waals surface area contributed by atoms with Crippen LogP contribution in [0.2, 0.25) is 0 Å². The number of amides is 2. The van der Waals surface area contributed by atoms with Crippen LogP contribution in [0.3, 0.4) is 0 Å². The number of carbonyl (C=O) groups is 1. The lowest BCUT2D eigenvalue weighted by Crippen LogP contribution is -2.38. The van der Waals surface area contributed by atoms with E-state index in [0.29, 0.717) is 6.54 Å². The van der Waals surface area contributed by atoms with Gasteiger partial charge in [0.25, 0.3) is 0 Å². The summed E-state index contributed by atoms with van der Waals surface area (Å²) in [5, 5.41) is 8.10. The first kappa shape index (κ1) is 22.9. The van der Waals surface area contributed by atoms with Crippen molar-refractivity contribution >= 4 is 11.7 Å². The molecular weight excluding hydrogens is 458 g/mol. The van der Waals surface area contributed by atoms with Crippen LogP contribution in [0.1, 0.15) is 39.7 Å². The van der Waals surface area contributed by atoms with Gasteiger partial charge in [-0.1, -0.05) is 54.6 Å². The van der Waals surface area contributed by atoms with Gasteiger partial charge in [0.2, 0.25) is 0 Å². The largest absolute Gasteiger partial charge is 0.322 e. The fourth-order valence-corrected chi connectivity index (χ4v) is 5.38. The van der Waals surface area contributed by atoms with Crippen molar-refractivity contribution in [2.24, 2.45) is 0 Å². The molecule has 0 radical (unpaired) electrons. The first-order valence-electron chi connectivity index (χ1n) is 12.5. The van der Waals surface area contributed by atoms with Crippen LogP contribution < -0.4 is 5.32 Å². The number of fused-ring (bicyclic) bond motifs is 3. The van der Waals surface area contributed by atoms with E-state index in [1.165, 1.54) is 0 Å². The quantitative estimate of drug-likeness (QED) is 0.307. The van der Waals surface area contributed by atoms with Gasteiger partial charge in [0.05, 0.1) is 29.7 Å². The van der Waals surface area contributed by atoms with E-state index >= 15 is 0 Å². The zero-order valence-corrected chi connectivity index (χ0v) is 21.2. The van der Waals surface area contributed by atoms with Crippen LogP contribution >= 0.6 is 0 Å². The second-order valence-electron chi connectivity index (χ2n) is 9.69. The van der Waals surface area contributed by atoms with Gasteiger partial charge in [-0.25, -0.2) is 9.48 Å². The smallest absolute Gasteiger partial charge is 0.308 e. The highest BCUT2D eigenvalue weighted by Crippen LogP contribution is 2.38. The van der Waals surface area contributed by atoms with Crippen molar-refractivity contribution in [1.82, 2.24) is 19.2 Å². The number of para-hydroxylation sites is 1. The summed E-state index contributed by atoms with van der Waals surface area (Å²) in [6, 6.07) is 30.2. The van der Waals surface area contributed by atoms with Crippen molar-refractivity contribution in [2.45, 2.75) is 33.4 Å². The van der Waals surface area contributed by atoms with Gasteiger partial charge in [-0.2, -0.15) is 5.10 Å². The SMILES string of the molecule is Cc1cc(C)cc(NC(=O)N2Cc3c(C)nn(-c4ccccc4)c3-n3cccc3[C@@H]2c2ccccc2)c1. The van der Waals surface area contributed by atoms with Gasteiger partial charge in [0.1, 0.15) is 5.82 Å². The number of urea groups is 1. The maximum atomic E-state index is 14.0. The molecule has 0 aliphatic carbocycles. The second-order valence-corrected chi connectivity index (χ2v) is 9.69. The van der Waals surface area contributed by atoms with Crippen LogP contribution in [-0.4, -0.2) is 25.3 Å². The van der Waals surface area contributed by atoms with E-state index in [9.17, 15) is 4.79 Å². The van der Waals surface area contributed by atoms with Gasteiger partial charge in [-0.3, -0.25) is 0 Å². The highest BCUT2D eigenvalue weighted by atomic mass is 16.2. The van der Waals surface area contributed by atoms with Crippen LogP contribution in [0.4, 0.5) is 10.5 Å². The Morgan fingerprint density at radius 3 is 2.24 bits per heavy atom. The number of rotatable bonds is 3. The number of nitrogens with one attached hydrogen (secondary N) is 1. The van der Waals surface area contributed by atoms with Crippen LogP contribution in [-0.2, 0) is 6.54 Å². The number of benzene rings is 3. The van der Waals surface area contributed by atoms with Crippen molar-refractivity contribution in [2.75, 3.05) is 5.32 Å². The molecule has 3 aromatic carbocycles. The number of anilines is 1. The molecule has 0 saturated carbocycles. The highest BCUT2D eigenvalue weighted by molar-refractivity contribution is 5.90. The Hall–Kier alpha value is -4.58. The molecule has 6 nitrogen and oxygen atoms in total. The highest BCUT2D eigenvalue weighted by Gasteiger charge is 2.36. The van der Waals surface area contributed by atoms with E-state index < -0.39 is 0 Å². The normalized spacial score (nSPS) is 14.6. The van der Waals surface area contributed by atoms with Crippen molar-refractivity contribution in [3.8, 4) is 11.5 Å². The fourth-order valence-electron chi connectivity index (χ4n) is 5.38. The number of hydrogen-bond donors (Lipinski definition) is 1.